The van der Waals surface area contributed by atoms with Crippen molar-refractivity contribution >= 4 is 5.95 Å². The first-order valence-electron chi connectivity index (χ1n) is 8.25. The zero-order valence-corrected chi connectivity index (χ0v) is 13.8. The Morgan fingerprint density at radius 1 is 1.17 bits per heavy atom. The van der Waals surface area contributed by atoms with Crippen molar-refractivity contribution in [1.29, 1.82) is 0 Å². The summed E-state index contributed by atoms with van der Waals surface area (Å²) in [7, 11) is 0. The first-order chi connectivity index (χ1) is 11.5. The molecule has 0 aliphatic carbocycles. The van der Waals surface area contributed by atoms with Crippen LogP contribution in [0.15, 0.2) is 42.6 Å². The van der Waals surface area contributed by atoms with Gasteiger partial charge < -0.3 is 5.32 Å². The van der Waals surface area contributed by atoms with Gasteiger partial charge in [0.15, 0.2) is 0 Å². The Balaban J connectivity index is 1.52. The van der Waals surface area contributed by atoms with Crippen molar-refractivity contribution in [3.8, 4) is 0 Å². The Bertz CT molecular complexity index is 650. The highest BCUT2D eigenvalue weighted by atomic mass is 19.3. The molecule has 2 aromatic rings. The summed E-state index contributed by atoms with van der Waals surface area (Å²) in [6.45, 7) is 3.73. The molecule has 24 heavy (non-hydrogen) atoms. The van der Waals surface area contributed by atoms with Gasteiger partial charge in [0.25, 0.3) is 5.92 Å². The number of likely N-dealkylation sites (tertiary alicyclic amines) is 1. The van der Waals surface area contributed by atoms with Gasteiger partial charge in [-0.2, -0.15) is 8.78 Å². The molecule has 1 fully saturated rings. The average Bonchev–Trinajstić information content (AvgIpc) is 2.57. The van der Waals surface area contributed by atoms with Crippen LogP contribution in [0.5, 0.6) is 0 Å². The van der Waals surface area contributed by atoms with Crippen LogP contribution in [-0.2, 0) is 12.5 Å². The summed E-state index contributed by atoms with van der Waals surface area (Å²) in [5.74, 6) is -2.66. The molecule has 1 N–H and O–H groups in total. The van der Waals surface area contributed by atoms with Gasteiger partial charge in [0.1, 0.15) is 5.69 Å². The molecule has 1 aliphatic rings. The first-order valence-corrected chi connectivity index (χ1v) is 8.25. The Labute approximate surface area is 140 Å². The van der Waals surface area contributed by atoms with Gasteiger partial charge >= 0.3 is 0 Å². The Kier molecular flexibility index (Phi) is 5.04. The number of anilines is 1. The van der Waals surface area contributed by atoms with Gasteiger partial charge in [-0.25, -0.2) is 9.97 Å². The second-order valence-corrected chi connectivity index (χ2v) is 6.33. The molecule has 0 saturated carbocycles. The number of halogens is 2. The van der Waals surface area contributed by atoms with Crippen molar-refractivity contribution in [3.63, 3.8) is 0 Å². The Morgan fingerprint density at radius 2 is 1.88 bits per heavy atom. The van der Waals surface area contributed by atoms with Crippen LogP contribution in [0.2, 0.25) is 0 Å². The highest BCUT2D eigenvalue weighted by Gasteiger charge is 2.27. The molecule has 0 atom stereocenters. The Morgan fingerprint density at radius 3 is 2.54 bits per heavy atom. The summed E-state index contributed by atoms with van der Waals surface area (Å²) in [5.41, 5.74) is 1.06. The highest BCUT2D eigenvalue weighted by Crippen LogP contribution is 2.25. The van der Waals surface area contributed by atoms with Crippen LogP contribution in [0.4, 0.5) is 14.7 Å². The third-order valence-corrected chi connectivity index (χ3v) is 4.28. The fourth-order valence-electron chi connectivity index (χ4n) is 2.93. The van der Waals surface area contributed by atoms with Crippen LogP contribution >= 0.6 is 0 Å². The molecular weight excluding hydrogens is 310 g/mol. The molecule has 4 nitrogen and oxygen atoms in total. The summed E-state index contributed by atoms with van der Waals surface area (Å²) in [6.07, 6.45) is 3.28. The van der Waals surface area contributed by atoms with Gasteiger partial charge in [-0.05, 0) is 24.5 Å². The lowest BCUT2D eigenvalue weighted by molar-refractivity contribution is 0.0127. The van der Waals surface area contributed by atoms with Gasteiger partial charge in [0.05, 0.1) is 0 Å². The fraction of sp³-hybridized carbons (Fsp3) is 0.444. The summed E-state index contributed by atoms with van der Waals surface area (Å²) in [4.78, 5) is 10.4. The van der Waals surface area contributed by atoms with Crippen LogP contribution in [0.3, 0.4) is 0 Å². The van der Waals surface area contributed by atoms with Crippen LogP contribution < -0.4 is 5.32 Å². The first kappa shape index (κ1) is 16.8. The summed E-state index contributed by atoms with van der Waals surface area (Å²) in [5, 5.41) is 3.20. The molecule has 2 heterocycles. The molecule has 0 bridgehead atoms. The van der Waals surface area contributed by atoms with E-state index in [1.54, 1.807) is 0 Å². The number of piperidine rings is 1. The molecule has 1 aromatic carbocycles. The van der Waals surface area contributed by atoms with Crippen molar-refractivity contribution in [1.82, 2.24) is 14.9 Å². The minimum absolute atomic E-state index is 0.220. The number of nitrogens with zero attached hydrogens (tertiary/aromatic N) is 3. The van der Waals surface area contributed by atoms with E-state index < -0.39 is 5.92 Å². The van der Waals surface area contributed by atoms with E-state index in [2.05, 4.69) is 44.5 Å². The lowest BCUT2D eigenvalue weighted by Crippen LogP contribution is -2.39. The molecular formula is C18H22F2N4. The molecule has 1 aromatic heterocycles. The normalized spacial score (nSPS) is 17.0. The van der Waals surface area contributed by atoms with E-state index in [9.17, 15) is 8.78 Å². The quantitative estimate of drug-likeness (QED) is 0.907. The van der Waals surface area contributed by atoms with Crippen molar-refractivity contribution in [2.75, 3.05) is 18.4 Å². The van der Waals surface area contributed by atoms with Crippen molar-refractivity contribution < 1.29 is 8.78 Å². The largest absolute Gasteiger partial charge is 0.351 e. The number of hydrogen-bond acceptors (Lipinski definition) is 4. The number of rotatable bonds is 5. The number of benzene rings is 1. The van der Waals surface area contributed by atoms with Crippen molar-refractivity contribution in [2.45, 2.75) is 38.3 Å². The summed E-state index contributed by atoms with van der Waals surface area (Å²) >= 11 is 0. The van der Waals surface area contributed by atoms with Crippen LogP contribution in [0.1, 0.15) is 31.0 Å². The molecule has 0 spiro atoms. The van der Waals surface area contributed by atoms with Crippen LogP contribution in [0, 0.1) is 0 Å². The zero-order chi connectivity index (χ0) is 17.0. The van der Waals surface area contributed by atoms with E-state index in [4.69, 9.17) is 0 Å². The molecule has 3 rings (SSSR count). The minimum atomic E-state index is -2.95. The standard InChI is InChI=1S/C18H22F2N4/c1-18(19,20)16-7-10-21-17(23-16)22-15-8-11-24(12-9-15)13-14-5-3-2-4-6-14/h2-7,10,15H,8-9,11-13H2,1H3,(H,21,22,23). The SMILES string of the molecule is CC(F)(F)c1ccnc(NC2CCN(Cc3ccccc3)CC2)n1. The topological polar surface area (TPSA) is 41.1 Å². The fourth-order valence-corrected chi connectivity index (χ4v) is 2.93. The van der Waals surface area contributed by atoms with E-state index >= 15 is 0 Å². The third-order valence-electron chi connectivity index (χ3n) is 4.28. The second-order valence-electron chi connectivity index (χ2n) is 6.33. The van der Waals surface area contributed by atoms with E-state index in [0.29, 0.717) is 0 Å². The van der Waals surface area contributed by atoms with E-state index in [0.717, 1.165) is 39.4 Å². The predicted octanol–water partition coefficient (Wildman–Crippen LogP) is 3.66. The van der Waals surface area contributed by atoms with Crippen LogP contribution in [-0.4, -0.2) is 34.0 Å². The smallest absolute Gasteiger partial charge is 0.287 e. The van der Waals surface area contributed by atoms with E-state index in [1.807, 2.05) is 6.07 Å². The molecule has 6 heteroatoms. The molecule has 128 valence electrons. The summed E-state index contributed by atoms with van der Waals surface area (Å²) in [6, 6.07) is 11.9. The monoisotopic (exact) mass is 332 g/mol. The molecule has 0 amide bonds. The maximum Gasteiger partial charge on any atom is 0.287 e. The molecule has 1 aliphatic heterocycles. The van der Waals surface area contributed by atoms with Gasteiger partial charge in [0, 0.05) is 38.8 Å². The molecule has 0 unspecified atom stereocenters. The minimum Gasteiger partial charge on any atom is -0.351 e. The third kappa shape index (κ3) is 4.47. The maximum absolute atomic E-state index is 13.3. The van der Waals surface area contributed by atoms with Gasteiger partial charge in [-0.3, -0.25) is 4.90 Å². The van der Waals surface area contributed by atoms with Crippen molar-refractivity contribution in [3.05, 3.63) is 53.9 Å². The second kappa shape index (κ2) is 7.21. The number of nitrogens with one attached hydrogen (secondary N) is 1. The van der Waals surface area contributed by atoms with Gasteiger partial charge in [0.2, 0.25) is 5.95 Å². The number of alkyl halides is 2. The lowest BCUT2D eigenvalue weighted by atomic mass is 10.0. The lowest BCUT2D eigenvalue weighted by Gasteiger charge is -2.32. The van der Waals surface area contributed by atoms with Gasteiger partial charge in [-0.1, -0.05) is 30.3 Å². The zero-order valence-electron chi connectivity index (χ0n) is 13.8. The van der Waals surface area contributed by atoms with Gasteiger partial charge in [-0.15, -0.1) is 0 Å². The molecule has 0 radical (unpaired) electrons. The average molecular weight is 332 g/mol. The molecule has 1 saturated heterocycles. The Hall–Kier alpha value is -2.08. The van der Waals surface area contributed by atoms with E-state index in [-0.39, 0.29) is 17.7 Å². The number of hydrogen-bond donors (Lipinski definition) is 1. The van der Waals surface area contributed by atoms with Crippen molar-refractivity contribution in [2.24, 2.45) is 0 Å². The summed E-state index contributed by atoms with van der Waals surface area (Å²) < 4.78 is 26.7. The highest BCUT2D eigenvalue weighted by molar-refractivity contribution is 5.28. The maximum atomic E-state index is 13.3. The van der Waals surface area contributed by atoms with Crippen LogP contribution in [0.25, 0.3) is 0 Å². The predicted molar refractivity (Wildman–Crippen MR) is 90.0 cm³/mol. The van der Waals surface area contributed by atoms with E-state index in [1.165, 1.54) is 17.8 Å². The number of aromatic nitrogens is 2.